The predicted octanol–water partition coefficient (Wildman–Crippen LogP) is 2.68. The van der Waals surface area contributed by atoms with Crippen LogP contribution in [0.15, 0.2) is 18.2 Å². The highest BCUT2D eigenvalue weighted by atomic mass is 17.5. The minimum Gasteiger partial charge on any atom is -0.497 e. The van der Waals surface area contributed by atoms with E-state index in [1.165, 1.54) is 32.4 Å². The molecule has 0 amide bonds. The molecule has 140 valence electrons. The van der Waals surface area contributed by atoms with Crippen molar-refractivity contribution in [3.63, 3.8) is 0 Å². The molecule has 0 aromatic heterocycles. The average molecular weight is 358 g/mol. The summed E-state index contributed by atoms with van der Waals surface area (Å²) in [6.07, 6.45) is -0.706. The predicted molar refractivity (Wildman–Crippen MR) is 84.2 cm³/mol. The van der Waals surface area contributed by atoms with Gasteiger partial charge in [0.1, 0.15) is 17.1 Å². The SMILES string of the molecule is COc1ccc(C(=O)OOOC(=O)OCCC(C)(C)OC)c(OC)c1. The van der Waals surface area contributed by atoms with Crippen molar-refractivity contribution < 1.29 is 43.3 Å². The first kappa shape index (κ1) is 20.5. The molecule has 1 aromatic rings. The molecule has 0 aliphatic heterocycles. The van der Waals surface area contributed by atoms with Crippen molar-refractivity contribution in [3.8, 4) is 11.5 Å². The van der Waals surface area contributed by atoms with Gasteiger partial charge >= 0.3 is 12.1 Å². The van der Waals surface area contributed by atoms with E-state index in [9.17, 15) is 9.59 Å². The van der Waals surface area contributed by atoms with Gasteiger partial charge in [-0.05, 0) is 26.0 Å². The summed E-state index contributed by atoms with van der Waals surface area (Å²) in [6, 6.07) is 4.43. The van der Waals surface area contributed by atoms with Crippen LogP contribution in [0.25, 0.3) is 0 Å². The molecule has 0 saturated heterocycles. The van der Waals surface area contributed by atoms with E-state index in [4.69, 9.17) is 18.9 Å². The Balaban J connectivity index is 2.41. The standard InChI is InChI=1S/C16H22O9/c1-16(2,21-5)8-9-22-15(18)24-25-23-14(17)12-7-6-11(19-3)10-13(12)20-4/h6-7,10H,8-9H2,1-5H3. The zero-order valence-electron chi connectivity index (χ0n) is 14.8. The van der Waals surface area contributed by atoms with E-state index >= 15 is 0 Å². The zero-order valence-corrected chi connectivity index (χ0v) is 14.8. The minimum absolute atomic E-state index is 0.0449. The van der Waals surface area contributed by atoms with Gasteiger partial charge in [0, 0.05) is 19.6 Å². The molecule has 1 aromatic carbocycles. The Morgan fingerprint density at radius 3 is 2.36 bits per heavy atom. The molecule has 0 unspecified atom stereocenters. The number of rotatable bonds is 9. The summed E-state index contributed by atoms with van der Waals surface area (Å²) in [5, 5.41) is 4.13. The molecule has 0 radical (unpaired) electrons. The third-order valence-corrected chi connectivity index (χ3v) is 3.32. The summed E-state index contributed by atoms with van der Waals surface area (Å²) in [5.41, 5.74) is -0.388. The number of carbonyl (C=O) groups is 2. The van der Waals surface area contributed by atoms with E-state index in [1.807, 2.05) is 13.8 Å². The fraction of sp³-hybridized carbons (Fsp3) is 0.500. The lowest BCUT2D eigenvalue weighted by Gasteiger charge is -2.21. The van der Waals surface area contributed by atoms with Crippen LogP contribution in [0.1, 0.15) is 30.6 Å². The van der Waals surface area contributed by atoms with E-state index in [2.05, 4.69) is 14.8 Å². The van der Waals surface area contributed by atoms with Gasteiger partial charge in [-0.3, -0.25) is 4.89 Å². The number of hydrogen-bond acceptors (Lipinski definition) is 9. The van der Waals surface area contributed by atoms with Crippen molar-refractivity contribution >= 4 is 12.1 Å². The molecule has 0 aliphatic carbocycles. The molecule has 1 rings (SSSR count). The topological polar surface area (TPSA) is 98.8 Å². The molecule has 0 spiro atoms. The molecule has 0 aliphatic rings. The maximum absolute atomic E-state index is 11.9. The molecule has 0 N–H and O–H groups in total. The van der Waals surface area contributed by atoms with Crippen LogP contribution in [0.4, 0.5) is 4.79 Å². The van der Waals surface area contributed by atoms with Gasteiger partial charge in [0.05, 0.1) is 31.5 Å². The normalized spacial score (nSPS) is 10.8. The molecular formula is C16H22O9. The number of hydrogen-bond donors (Lipinski definition) is 0. The van der Waals surface area contributed by atoms with Crippen LogP contribution in [0, 0.1) is 0 Å². The van der Waals surface area contributed by atoms with Crippen LogP contribution in [-0.4, -0.2) is 45.7 Å². The number of benzene rings is 1. The van der Waals surface area contributed by atoms with Crippen LogP contribution in [0.3, 0.4) is 0 Å². The second-order valence-electron chi connectivity index (χ2n) is 5.40. The molecule has 0 saturated carbocycles. The highest BCUT2D eigenvalue weighted by Gasteiger charge is 2.19. The maximum atomic E-state index is 11.9. The van der Waals surface area contributed by atoms with Crippen LogP contribution >= 0.6 is 0 Å². The monoisotopic (exact) mass is 358 g/mol. The molecule has 0 bridgehead atoms. The summed E-state index contributed by atoms with van der Waals surface area (Å²) >= 11 is 0. The lowest BCUT2D eigenvalue weighted by molar-refractivity contribution is -0.452. The van der Waals surface area contributed by atoms with Crippen molar-refractivity contribution in [2.24, 2.45) is 0 Å². The van der Waals surface area contributed by atoms with Crippen molar-refractivity contribution in [1.82, 2.24) is 0 Å². The minimum atomic E-state index is -1.15. The van der Waals surface area contributed by atoms with Crippen LogP contribution in [-0.2, 0) is 24.3 Å². The van der Waals surface area contributed by atoms with Crippen molar-refractivity contribution in [3.05, 3.63) is 23.8 Å². The summed E-state index contributed by atoms with van der Waals surface area (Å²) in [7, 11) is 4.40. The Bertz CT molecular complexity index is 583. The van der Waals surface area contributed by atoms with Gasteiger partial charge in [-0.25, -0.2) is 14.5 Å². The molecule has 25 heavy (non-hydrogen) atoms. The van der Waals surface area contributed by atoms with Gasteiger partial charge in [0.2, 0.25) is 0 Å². The van der Waals surface area contributed by atoms with Crippen molar-refractivity contribution in [2.45, 2.75) is 25.9 Å². The fourth-order valence-corrected chi connectivity index (χ4v) is 1.59. The third kappa shape index (κ3) is 6.86. The van der Waals surface area contributed by atoms with Crippen molar-refractivity contribution in [1.29, 1.82) is 0 Å². The number of carbonyl (C=O) groups excluding carboxylic acids is 2. The van der Waals surface area contributed by atoms with E-state index in [0.29, 0.717) is 12.2 Å². The maximum Gasteiger partial charge on any atom is 0.543 e. The molecule has 0 fully saturated rings. The van der Waals surface area contributed by atoms with Gasteiger partial charge in [-0.15, -0.1) is 0 Å². The Morgan fingerprint density at radius 2 is 1.76 bits per heavy atom. The smallest absolute Gasteiger partial charge is 0.497 e. The summed E-state index contributed by atoms with van der Waals surface area (Å²) < 4.78 is 20.0. The Hall–Kier alpha value is -2.52. The quantitative estimate of drug-likeness (QED) is 0.375. The van der Waals surface area contributed by atoms with Gasteiger partial charge < -0.3 is 18.9 Å². The summed E-state index contributed by atoms with van der Waals surface area (Å²) in [4.78, 5) is 31.7. The number of methoxy groups -OCH3 is 3. The van der Waals surface area contributed by atoms with Gasteiger partial charge in [0.25, 0.3) is 0 Å². The van der Waals surface area contributed by atoms with Crippen LogP contribution in [0.5, 0.6) is 11.5 Å². The van der Waals surface area contributed by atoms with E-state index in [1.54, 1.807) is 7.11 Å². The summed E-state index contributed by atoms with van der Waals surface area (Å²) in [6.45, 7) is 3.72. The molecular weight excluding hydrogens is 336 g/mol. The largest absolute Gasteiger partial charge is 0.543 e. The van der Waals surface area contributed by atoms with Crippen molar-refractivity contribution in [2.75, 3.05) is 27.9 Å². The first-order chi connectivity index (χ1) is 11.8. The third-order valence-electron chi connectivity index (χ3n) is 3.32. The second kappa shape index (κ2) is 9.70. The first-order valence-corrected chi connectivity index (χ1v) is 7.32. The summed E-state index contributed by atoms with van der Waals surface area (Å²) in [5.74, 6) is -0.224. The van der Waals surface area contributed by atoms with E-state index in [0.717, 1.165) is 0 Å². The zero-order chi connectivity index (χ0) is 18.9. The molecule has 9 heteroatoms. The second-order valence-corrected chi connectivity index (χ2v) is 5.40. The Labute approximate surface area is 145 Å². The van der Waals surface area contributed by atoms with E-state index < -0.39 is 17.7 Å². The molecule has 0 atom stereocenters. The average Bonchev–Trinajstić information content (AvgIpc) is 2.60. The highest BCUT2D eigenvalue weighted by molar-refractivity contribution is 5.92. The van der Waals surface area contributed by atoms with Gasteiger partial charge in [0.15, 0.2) is 0 Å². The lowest BCUT2D eigenvalue weighted by atomic mass is 10.1. The Kier molecular flexibility index (Phi) is 7.96. The van der Waals surface area contributed by atoms with Gasteiger partial charge in [-0.1, -0.05) is 0 Å². The van der Waals surface area contributed by atoms with Crippen LogP contribution in [0.2, 0.25) is 0 Å². The van der Waals surface area contributed by atoms with E-state index in [-0.39, 0.29) is 17.9 Å². The van der Waals surface area contributed by atoms with Gasteiger partial charge in [-0.2, -0.15) is 0 Å². The lowest BCUT2D eigenvalue weighted by Crippen LogP contribution is -2.25. The number of ether oxygens (including phenoxy) is 4. The molecule has 9 nitrogen and oxygen atoms in total. The first-order valence-electron chi connectivity index (χ1n) is 7.32. The molecule has 0 heterocycles. The fourth-order valence-electron chi connectivity index (χ4n) is 1.59. The highest BCUT2D eigenvalue weighted by Crippen LogP contribution is 2.25. The van der Waals surface area contributed by atoms with Crippen LogP contribution < -0.4 is 9.47 Å². The Morgan fingerprint density at radius 1 is 1.04 bits per heavy atom.